The van der Waals surface area contributed by atoms with Crippen LogP contribution in [-0.2, 0) is 23.9 Å². The van der Waals surface area contributed by atoms with Gasteiger partial charge in [0.15, 0.2) is 0 Å². The van der Waals surface area contributed by atoms with Crippen LogP contribution in [0.25, 0.3) is 11.1 Å². The lowest BCUT2D eigenvalue weighted by Gasteiger charge is -2.20. The van der Waals surface area contributed by atoms with Gasteiger partial charge in [0.05, 0.1) is 12.3 Å². The van der Waals surface area contributed by atoms with E-state index in [1.165, 1.54) is 0 Å². The van der Waals surface area contributed by atoms with Crippen molar-refractivity contribution in [1.29, 1.82) is 0 Å². The van der Waals surface area contributed by atoms with Gasteiger partial charge in [0, 0.05) is 12.3 Å². The van der Waals surface area contributed by atoms with Crippen LogP contribution in [0.15, 0.2) is 48.5 Å². The molecule has 0 aliphatic heterocycles. The van der Waals surface area contributed by atoms with E-state index in [1.807, 2.05) is 48.5 Å². The lowest BCUT2D eigenvalue weighted by molar-refractivity contribution is -0.157. The molecule has 0 aromatic heterocycles. The van der Waals surface area contributed by atoms with E-state index in [0.717, 1.165) is 22.3 Å². The number of esters is 2. The SMILES string of the molecule is CC(C)(C)OC(=O)CC[C@H](CC(=O)OCC1c2ccccc2-c2ccccc21)C(=O)O. The second-order valence-corrected chi connectivity index (χ2v) is 8.77. The zero-order chi connectivity index (χ0) is 22.6. The maximum absolute atomic E-state index is 12.4. The first-order chi connectivity index (χ1) is 14.7. The minimum Gasteiger partial charge on any atom is -0.481 e. The Morgan fingerprint density at radius 2 is 1.48 bits per heavy atom. The fourth-order valence-corrected chi connectivity index (χ4v) is 3.87. The Hall–Kier alpha value is -3.15. The van der Waals surface area contributed by atoms with Crippen LogP contribution >= 0.6 is 0 Å². The van der Waals surface area contributed by atoms with E-state index < -0.39 is 29.4 Å². The summed E-state index contributed by atoms with van der Waals surface area (Å²) in [5.41, 5.74) is 3.80. The van der Waals surface area contributed by atoms with Gasteiger partial charge in [-0.1, -0.05) is 48.5 Å². The Kier molecular flexibility index (Phi) is 6.78. The van der Waals surface area contributed by atoms with Crippen molar-refractivity contribution in [2.45, 2.75) is 51.6 Å². The number of hydrogen-bond acceptors (Lipinski definition) is 5. The number of benzene rings is 2. The summed E-state index contributed by atoms with van der Waals surface area (Å²) in [5, 5.41) is 9.45. The number of carboxylic acid groups (broad SMARTS) is 1. The van der Waals surface area contributed by atoms with Crippen LogP contribution in [0.5, 0.6) is 0 Å². The van der Waals surface area contributed by atoms with Crippen LogP contribution in [0, 0.1) is 5.92 Å². The molecule has 1 N–H and O–H groups in total. The van der Waals surface area contributed by atoms with E-state index >= 15 is 0 Å². The smallest absolute Gasteiger partial charge is 0.307 e. The summed E-state index contributed by atoms with van der Waals surface area (Å²) >= 11 is 0. The van der Waals surface area contributed by atoms with E-state index in [9.17, 15) is 19.5 Å². The molecule has 1 aliphatic rings. The summed E-state index contributed by atoms with van der Waals surface area (Å²) in [6, 6.07) is 16.0. The highest BCUT2D eigenvalue weighted by Crippen LogP contribution is 2.44. The number of carboxylic acids is 1. The van der Waals surface area contributed by atoms with E-state index in [1.54, 1.807) is 20.8 Å². The van der Waals surface area contributed by atoms with Gasteiger partial charge in [-0.15, -0.1) is 0 Å². The van der Waals surface area contributed by atoms with Crippen LogP contribution < -0.4 is 0 Å². The molecule has 6 nitrogen and oxygen atoms in total. The van der Waals surface area contributed by atoms with Crippen molar-refractivity contribution < 1.29 is 29.0 Å². The average Bonchev–Trinajstić information content (AvgIpc) is 3.02. The topological polar surface area (TPSA) is 89.9 Å². The third kappa shape index (κ3) is 5.72. The number of fused-ring (bicyclic) bond motifs is 3. The van der Waals surface area contributed by atoms with Crippen LogP contribution in [0.3, 0.4) is 0 Å². The van der Waals surface area contributed by atoms with E-state index in [2.05, 4.69) is 0 Å². The van der Waals surface area contributed by atoms with Crippen molar-refractivity contribution in [2.75, 3.05) is 6.61 Å². The summed E-state index contributed by atoms with van der Waals surface area (Å²) in [6.45, 7) is 5.38. The summed E-state index contributed by atoms with van der Waals surface area (Å²) in [5.74, 6) is -3.27. The first kappa shape index (κ1) is 22.5. The Labute approximate surface area is 182 Å². The van der Waals surface area contributed by atoms with Crippen molar-refractivity contribution in [1.82, 2.24) is 0 Å². The van der Waals surface area contributed by atoms with Crippen LogP contribution in [0.1, 0.15) is 57.1 Å². The predicted octanol–water partition coefficient (Wildman–Crippen LogP) is 4.55. The predicted molar refractivity (Wildman–Crippen MR) is 116 cm³/mol. The highest BCUT2D eigenvalue weighted by molar-refractivity contribution is 5.81. The van der Waals surface area contributed by atoms with Gasteiger partial charge in [-0.3, -0.25) is 14.4 Å². The van der Waals surface area contributed by atoms with Crippen molar-refractivity contribution >= 4 is 17.9 Å². The van der Waals surface area contributed by atoms with Crippen molar-refractivity contribution in [2.24, 2.45) is 5.92 Å². The minimum absolute atomic E-state index is 0.0223. The molecule has 164 valence electrons. The average molecular weight is 424 g/mol. The maximum atomic E-state index is 12.4. The number of hydrogen-bond donors (Lipinski definition) is 1. The number of rotatable bonds is 8. The van der Waals surface area contributed by atoms with Crippen molar-refractivity contribution in [3.05, 3.63) is 59.7 Å². The van der Waals surface area contributed by atoms with Gasteiger partial charge < -0.3 is 14.6 Å². The summed E-state index contributed by atoms with van der Waals surface area (Å²) in [4.78, 5) is 35.8. The van der Waals surface area contributed by atoms with Gasteiger partial charge in [-0.05, 0) is 49.4 Å². The molecule has 31 heavy (non-hydrogen) atoms. The molecule has 0 saturated heterocycles. The molecule has 3 rings (SSSR count). The fourth-order valence-electron chi connectivity index (χ4n) is 3.87. The van der Waals surface area contributed by atoms with Crippen molar-refractivity contribution in [3.63, 3.8) is 0 Å². The van der Waals surface area contributed by atoms with E-state index in [0.29, 0.717) is 0 Å². The molecular weight excluding hydrogens is 396 g/mol. The first-order valence-electron chi connectivity index (χ1n) is 10.4. The fraction of sp³-hybridized carbons (Fsp3) is 0.400. The first-order valence-corrected chi connectivity index (χ1v) is 10.4. The molecule has 0 unspecified atom stereocenters. The van der Waals surface area contributed by atoms with E-state index in [-0.39, 0.29) is 31.8 Å². The molecule has 0 radical (unpaired) electrons. The van der Waals surface area contributed by atoms with Gasteiger partial charge >= 0.3 is 17.9 Å². The normalized spacial score (nSPS) is 13.8. The molecular formula is C25H28O6. The Bertz CT molecular complexity index is 926. The molecule has 0 heterocycles. The molecule has 0 fully saturated rings. The van der Waals surface area contributed by atoms with Gasteiger partial charge in [0.1, 0.15) is 12.2 Å². The number of aliphatic carboxylic acids is 1. The molecule has 0 spiro atoms. The standard InChI is InChI=1S/C25H28O6/c1-25(2,3)31-22(26)13-12-16(24(28)29)14-23(27)30-15-21-19-10-6-4-8-17(19)18-9-5-7-11-20(18)21/h4-11,16,21H,12-15H2,1-3H3,(H,28,29)/t16-/m1/s1. The second-order valence-electron chi connectivity index (χ2n) is 8.77. The zero-order valence-corrected chi connectivity index (χ0v) is 18.1. The van der Waals surface area contributed by atoms with Crippen LogP contribution in [-0.4, -0.2) is 35.2 Å². The molecule has 0 saturated carbocycles. The maximum Gasteiger partial charge on any atom is 0.307 e. The Morgan fingerprint density at radius 1 is 0.935 bits per heavy atom. The van der Waals surface area contributed by atoms with Gasteiger partial charge in [0.25, 0.3) is 0 Å². The largest absolute Gasteiger partial charge is 0.481 e. The highest BCUT2D eigenvalue weighted by Gasteiger charge is 2.30. The third-order valence-corrected chi connectivity index (χ3v) is 5.25. The third-order valence-electron chi connectivity index (χ3n) is 5.25. The van der Waals surface area contributed by atoms with E-state index in [4.69, 9.17) is 9.47 Å². The summed E-state index contributed by atoms with van der Waals surface area (Å²) in [7, 11) is 0. The lowest BCUT2D eigenvalue weighted by atomic mass is 9.97. The number of carbonyl (C=O) groups excluding carboxylic acids is 2. The molecule has 1 aliphatic carbocycles. The van der Waals surface area contributed by atoms with Gasteiger partial charge in [-0.25, -0.2) is 0 Å². The van der Waals surface area contributed by atoms with Crippen molar-refractivity contribution in [3.8, 4) is 11.1 Å². The zero-order valence-electron chi connectivity index (χ0n) is 18.1. The van der Waals surface area contributed by atoms with Crippen LogP contribution in [0.4, 0.5) is 0 Å². The summed E-state index contributed by atoms with van der Waals surface area (Å²) < 4.78 is 10.7. The minimum atomic E-state index is -1.13. The second kappa shape index (κ2) is 9.33. The van der Waals surface area contributed by atoms with Gasteiger partial charge in [0.2, 0.25) is 0 Å². The molecule has 6 heteroatoms. The Morgan fingerprint density at radius 3 is 2.00 bits per heavy atom. The quantitative estimate of drug-likeness (QED) is 0.625. The van der Waals surface area contributed by atoms with Crippen LogP contribution in [0.2, 0.25) is 0 Å². The number of ether oxygens (including phenoxy) is 2. The molecule has 1 atom stereocenters. The van der Waals surface area contributed by atoms with Gasteiger partial charge in [-0.2, -0.15) is 0 Å². The molecule has 2 aromatic rings. The monoisotopic (exact) mass is 424 g/mol. The Balaban J connectivity index is 1.59. The number of carbonyl (C=O) groups is 3. The highest BCUT2D eigenvalue weighted by atomic mass is 16.6. The molecule has 0 amide bonds. The molecule has 0 bridgehead atoms. The summed E-state index contributed by atoms with van der Waals surface area (Å²) in [6.07, 6.45) is -0.326. The lowest BCUT2D eigenvalue weighted by Crippen LogP contribution is -2.26. The molecule has 2 aromatic carbocycles.